The largest absolute Gasteiger partial charge is 0.391 e. The average Bonchev–Trinajstić information content (AvgIpc) is 3.62. The molecular weight excluding hydrogens is 744 g/mol. The van der Waals surface area contributed by atoms with E-state index < -0.39 is 57.1 Å². The van der Waals surface area contributed by atoms with Gasteiger partial charge in [0.25, 0.3) is 5.91 Å². The van der Waals surface area contributed by atoms with Gasteiger partial charge in [0.15, 0.2) is 5.67 Å². The third kappa shape index (κ3) is 7.90. The van der Waals surface area contributed by atoms with Gasteiger partial charge in [-0.15, -0.1) is 23.1 Å². The molecule has 11 heteroatoms. The zero-order valence-corrected chi connectivity index (χ0v) is 33.6. The number of rotatable bonds is 13. The Bertz CT molecular complexity index is 2060. The van der Waals surface area contributed by atoms with Crippen LogP contribution in [-0.2, 0) is 19.1 Å². The van der Waals surface area contributed by atoms with Crippen molar-refractivity contribution in [3.05, 3.63) is 149 Å². The smallest absolute Gasteiger partial charge is 0.258 e. The molecule has 2 heterocycles. The molecule has 1 aliphatic carbocycles. The molecule has 290 valence electrons. The van der Waals surface area contributed by atoms with Crippen molar-refractivity contribution in [2.24, 2.45) is 0 Å². The predicted molar refractivity (Wildman–Crippen MR) is 221 cm³/mol. The number of β-amino-alcohol motifs (C(OH)–C–C–N with tert-alkyl or cyclic N) is 1. The first-order chi connectivity index (χ1) is 26.8. The molecule has 1 aromatic heterocycles. The van der Waals surface area contributed by atoms with E-state index in [1.807, 2.05) is 148 Å². The maximum atomic E-state index is 15.5. The maximum Gasteiger partial charge on any atom is 0.258 e. The van der Waals surface area contributed by atoms with Gasteiger partial charge in [-0.1, -0.05) is 115 Å². The molecule has 56 heavy (non-hydrogen) atoms. The highest BCUT2D eigenvalue weighted by Gasteiger charge is 2.55. The summed E-state index contributed by atoms with van der Waals surface area (Å²) in [5.41, 5.74) is 5.48. The number of thiazole rings is 1. The van der Waals surface area contributed by atoms with E-state index in [1.54, 1.807) is 11.3 Å². The molecule has 1 unspecified atom stereocenters. The Morgan fingerprint density at radius 3 is 1.89 bits per heavy atom. The van der Waals surface area contributed by atoms with E-state index in [9.17, 15) is 14.7 Å². The molecule has 1 saturated heterocycles. The molecule has 3 N–H and O–H groups in total. The summed E-state index contributed by atoms with van der Waals surface area (Å²) in [7, 11) is 0. The second-order valence-corrected chi connectivity index (χ2v) is 18.1. The number of aromatic nitrogens is 1. The van der Waals surface area contributed by atoms with Gasteiger partial charge in [0.05, 0.1) is 33.0 Å². The van der Waals surface area contributed by atoms with Crippen molar-refractivity contribution in [2.45, 2.75) is 86.3 Å². The lowest BCUT2D eigenvalue weighted by molar-refractivity contribution is -0.143. The van der Waals surface area contributed by atoms with E-state index >= 15 is 9.18 Å². The lowest BCUT2D eigenvalue weighted by Gasteiger charge is -2.45. The van der Waals surface area contributed by atoms with Crippen LogP contribution in [0, 0.1) is 6.92 Å². The number of hydrogen-bond donors (Lipinski definition) is 3. The molecule has 0 radical (unpaired) electrons. The highest BCUT2D eigenvalue weighted by atomic mass is 32.2. The van der Waals surface area contributed by atoms with E-state index in [1.165, 1.54) is 16.7 Å². The van der Waals surface area contributed by atoms with E-state index in [0.29, 0.717) is 0 Å². The SMILES string of the molecule is Cc1ncsc1-c1ccc([C@H](C)NC(=O)[C@@H]2C[C@@H](O)CN2C(=O)C(NC(=O)C2(F)CC2)C(C)(C)SC(c2ccccc2)(c2ccccc2)c2ccccc2)cc1. The molecule has 4 atom stereocenters. The first-order valence-electron chi connectivity index (χ1n) is 19.0. The number of nitrogens with one attached hydrogen (secondary N) is 2. The van der Waals surface area contributed by atoms with Crippen molar-refractivity contribution in [1.29, 1.82) is 0 Å². The minimum atomic E-state index is -2.06. The average molecular weight is 791 g/mol. The van der Waals surface area contributed by atoms with Gasteiger partial charge in [0.2, 0.25) is 11.8 Å². The molecule has 7 rings (SSSR count). The third-order valence-corrected chi connectivity index (χ3v) is 13.7. The number of amides is 3. The first kappa shape index (κ1) is 39.4. The summed E-state index contributed by atoms with van der Waals surface area (Å²) in [6, 6.07) is 35.2. The van der Waals surface area contributed by atoms with Crippen LogP contribution in [0.15, 0.2) is 121 Å². The quantitative estimate of drug-likeness (QED) is 0.105. The molecule has 2 fully saturated rings. The van der Waals surface area contributed by atoms with Crippen molar-refractivity contribution < 1.29 is 23.9 Å². The Hall–Kier alpha value is -4.84. The minimum Gasteiger partial charge on any atom is -0.391 e. The van der Waals surface area contributed by atoms with Crippen LogP contribution in [0.4, 0.5) is 4.39 Å². The Balaban J connectivity index is 1.21. The van der Waals surface area contributed by atoms with Crippen molar-refractivity contribution in [3.63, 3.8) is 0 Å². The monoisotopic (exact) mass is 790 g/mol. The van der Waals surface area contributed by atoms with E-state index in [2.05, 4.69) is 15.6 Å². The maximum absolute atomic E-state index is 15.5. The Labute approximate surface area is 336 Å². The van der Waals surface area contributed by atoms with Crippen molar-refractivity contribution >= 4 is 40.8 Å². The number of benzene rings is 4. The molecule has 1 aliphatic heterocycles. The lowest BCUT2D eigenvalue weighted by atomic mass is 9.84. The molecule has 0 bridgehead atoms. The summed E-state index contributed by atoms with van der Waals surface area (Å²) >= 11 is 3.06. The van der Waals surface area contributed by atoms with Gasteiger partial charge in [0, 0.05) is 17.7 Å². The topological polar surface area (TPSA) is 112 Å². The summed E-state index contributed by atoms with van der Waals surface area (Å²) in [5, 5.41) is 16.9. The fraction of sp³-hybridized carbons (Fsp3) is 0.333. The first-order valence-corrected chi connectivity index (χ1v) is 20.7. The number of hydrogen-bond acceptors (Lipinski definition) is 7. The predicted octanol–water partition coefficient (Wildman–Crippen LogP) is 7.75. The summed E-state index contributed by atoms with van der Waals surface area (Å²) in [4.78, 5) is 49.5. The molecule has 4 aromatic carbocycles. The van der Waals surface area contributed by atoms with Crippen molar-refractivity contribution in [1.82, 2.24) is 20.5 Å². The Morgan fingerprint density at radius 2 is 1.41 bits per heavy atom. The van der Waals surface area contributed by atoms with Crippen LogP contribution in [0.3, 0.4) is 0 Å². The van der Waals surface area contributed by atoms with Crippen LogP contribution in [0.25, 0.3) is 10.4 Å². The van der Waals surface area contributed by atoms with Gasteiger partial charge < -0.3 is 20.6 Å². The number of likely N-dealkylation sites (tertiary alicyclic amines) is 1. The second-order valence-electron chi connectivity index (χ2n) is 15.4. The summed E-state index contributed by atoms with van der Waals surface area (Å²) in [6.07, 6.45) is -0.791. The van der Waals surface area contributed by atoms with Gasteiger partial charge in [0.1, 0.15) is 12.1 Å². The number of halogens is 1. The zero-order chi connectivity index (χ0) is 39.7. The molecule has 2 aliphatic rings. The molecule has 3 amide bonds. The number of carbonyl (C=O) groups excluding carboxylic acids is 3. The van der Waals surface area contributed by atoms with Crippen molar-refractivity contribution in [2.75, 3.05) is 6.54 Å². The fourth-order valence-electron chi connectivity index (χ4n) is 7.65. The van der Waals surface area contributed by atoms with Gasteiger partial charge in [-0.3, -0.25) is 14.4 Å². The summed E-state index contributed by atoms with van der Waals surface area (Å²) < 4.78 is 13.5. The van der Waals surface area contributed by atoms with E-state index in [0.717, 1.165) is 38.4 Å². The Kier molecular flexibility index (Phi) is 11.2. The van der Waals surface area contributed by atoms with Gasteiger partial charge in [-0.25, -0.2) is 9.37 Å². The Morgan fingerprint density at radius 1 is 0.875 bits per heavy atom. The number of carbonyl (C=O) groups is 3. The normalized spacial score (nSPS) is 18.9. The molecule has 1 saturated carbocycles. The highest BCUT2D eigenvalue weighted by Crippen LogP contribution is 2.54. The zero-order valence-electron chi connectivity index (χ0n) is 31.9. The standard InChI is InChI=1S/C45H47FN4O4S2/c1-29(31-20-22-32(23-21-31)38-30(2)47-28-55-38)48-40(52)37-26-36(51)27-50(37)41(53)39(49-42(54)44(46)24-25-44)43(3,4)56-45(33-14-8-5-9-15-33,34-16-10-6-11-17-34)35-18-12-7-13-19-35/h5-23,28-29,36-37,39,51H,24-27H2,1-4H3,(H,48,52)(H,49,54)/t29-,36+,37-,39?/m0/s1. The molecule has 0 spiro atoms. The van der Waals surface area contributed by atoms with Gasteiger partial charge >= 0.3 is 0 Å². The lowest BCUT2D eigenvalue weighted by Crippen LogP contribution is -2.61. The molecular formula is C45H47FN4O4S2. The van der Waals surface area contributed by atoms with E-state index in [-0.39, 0.29) is 25.8 Å². The number of aliphatic hydroxyl groups excluding tert-OH is 1. The summed E-state index contributed by atoms with van der Waals surface area (Å²) in [5.74, 6) is -1.82. The van der Waals surface area contributed by atoms with Crippen LogP contribution in [0.2, 0.25) is 0 Å². The van der Waals surface area contributed by atoms with Gasteiger partial charge in [-0.05, 0) is 68.4 Å². The number of aliphatic hydroxyl groups is 1. The number of alkyl halides is 1. The third-order valence-electron chi connectivity index (χ3n) is 10.9. The highest BCUT2D eigenvalue weighted by molar-refractivity contribution is 8.02. The number of aryl methyl sites for hydroxylation is 1. The van der Waals surface area contributed by atoms with Gasteiger partial charge in [-0.2, -0.15) is 0 Å². The van der Waals surface area contributed by atoms with E-state index in [4.69, 9.17) is 0 Å². The summed E-state index contributed by atoms with van der Waals surface area (Å²) in [6.45, 7) is 7.49. The van der Waals surface area contributed by atoms with Crippen molar-refractivity contribution in [3.8, 4) is 10.4 Å². The number of nitrogens with zero attached hydrogens (tertiary/aromatic N) is 2. The second kappa shape index (κ2) is 16.0. The minimum absolute atomic E-state index is 0.0250. The van der Waals surface area contributed by atoms with Crippen LogP contribution >= 0.6 is 23.1 Å². The molecule has 5 aromatic rings. The molecule has 8 nitrogen and oxygen atoms in total. The number of thioether (sulfide) groups is 1. The van der Waals surface area contributed by atoms with Crippen LogP contribution in [0.1, 0.15) is 74.0 Å². The van der Waals surface area contributed by atoms with Crippen LogP contribution in [0.5, 0.6) is 0 Å². The van der Waals surface area contributed by atoms with Crippen LogP contribution < -0.4 is 10.6 Å². The fourth-order valence-corrected chi connectivity index (χ4v) is 10.3. The van der Waals surface area contributed by atoms with Crippen LogP contribution in [-0.4, -0.2) is 67.9 Å².